The van der Waals surface area contributed by atoms with Crippen LogP contribution in [-0.4, -0.2) is 42.7 Å². The van der Waals surface area contributed by atoms with Gasteiger partial charge in [-0.05, 0) is 17.7 Å². The van der Waals surface area contributed by atoms with Gasteiger partial charge >= 0.3 is 12.0 Å². The van der Waals surface area contributed by atoms with Gasteiger partial charge in [0, 0.05) is 20.1 Å². The third-order valence-electron chi connectivity index (χ3n) is 2.88. The summed E-state index contributed by atoms with van der Waals surface area (Å²) in [6, 6.07) is 6.31. The summed E-state index contributed by atoms with van der Waals surface area (Å²) in [5, 5.41) is 11.9. The molecule has 2 N–H and O–H groups in total. The monoisotopic (exact) mass is 280 g/mol. The minimum Gasteiger partial charge on any atom is -0.508 e. The summed E-state index contributed by atoms with van der Waals surface area (Å²) in [5.41, 5.74) is 0.880. The Bertz CT molecular complexity index is 459. The summed E-state index contributed by atoms with van der Waals surface area (Å²) in [5.74, 6) is -0.531. The molecule has 0 spiro atoms. The lowest BCUT2D eigenvalue weighted by Crippen LogP contribution is -2.40. The number of urea groups is 1. The first-order valence-corrected chi connectivity index (χ1v) is 6.28. The third kappa shape index (κ3) is 4.79. The van der Waals surface area contributed by atoms with Gasteiger partial charge in [0.15, 0.2) is 0 Å². The van der Waals surface area contributed by atoms with Crippen molar-refractivity contribution in [2.24, 2.45) is 5.92 Å². The van der Waals surface area contributed by atoms with Gasteiger partial charge in [0.2, 0.25) is 0 Å². The molecular formula is C14H20N2O4. The molecule has 0 aliphatic heterocycles. The molecule has 0 saturated heterocycles. The molecule has 0 aliphatic rings. The minimum atomic E-state index is -0.371. The van der Waals surface area contributed by atoms with Crippen LogP contribution in [0.5, 0.6) is 5.75 Å². The Morgan fingerprint density at radius 2 is 1.95 bits per heavy atom. The number of benzene rings is 1. The predicted molar refractivity (Wildman–Crippen MR) is 74.2 cm³/mol. The van der Waals surface area contributed by atoms with E-state index in [-0.39, 0.29) is 30.2 Å². The van der Waals surface area contributed by atoms with E-state index in [1.165, 1.54) is 12.0 Å². The van der Waals surface area contributed by atoms with E-state index in [2.05, 4.69) is 10.1 Å². The van der Waals surface area contributed by atoms with Gasteiger partial charge in [0.25, 0.3) is 0 Å². The number of carbonyl (C=O) groups is 2. The smallest absolute Gasteiger partial charge is 0.317 e. The van der Waals surface area contributed by atoms with E-state index in [0.29, 0.717) is 6.54 Å². The Morgan fingerprint density at radius 3 is 2.50 bits per heavy atom. The number of esters is 1. The first-order valence-electron chi connectivity index (χ1n) is 6.28. The van der Waals surface area contributed by atoms with Crippen molar-refractivity contribution in [3.63, 3.8) is 0 Å². The molecule has 1 rings (SSSR count). The zero-order chi connectivity index (χ0) is 15.1. The molecule has 0 aliphatic carbocycles. The highest BCUT2D eigenvalue weighted by molar-refractivity contribution is 5.76. The van der Waals surface area contributed by atoms with Gasteiger partial charge in [-0.1, -0.05) is 19.1 Å². The lowest BCUT2D eigenvalue weighted by atomic mass is 10.2. The van der Waals surface area contributed by atoms with Crippen molar-refractivity contribution >= 4 is 12.0 Å². The lowest BCUT2D eigenvalue weighted by molar-refractivity contribution is -0.145. The van der Waals surface area contributed by atoms with Gasteiger partial charge in [-0.3, -0.25) is 4.79 Å². The molecule has 0 saturated carbocycles. The number of carbonyl (C=O) groups excluding carboxylic acids is 2. The predicted octanol–water partition coefficient (Wildman–Crippen LogP) is 1.34. The van der Waals surface area contributed by atoms with Gasteiger partial charge in [0.05, 0.1) is 13.0 Å². The van der Waals surface area contributed by atoms with E-state index in [9.17, 15) is 9.59 Å². The van der Waals surface area contributed by atoms with Gasteiger partial charge in [-0.15, -0.1) is 0 Å². The normalized spacial score (nSPS) is 11.6. The number of nitrogens with zero attached hydrogens (tertiary/aromatic N) is 1. The fraction of sp³-hybridized carbons (Fsp3) is 0.429. The summed E-state index contributed by atoms with van der Waals surface area (Å²) in [6.45, 7) is 2.35. The van der Waals surface area contributed by atoms with Gasteiger partial charge in [-0.25, -0.2) is 4.79 Å². The molecule has 0 unspecified atom stereocenters. The fourth-order valence-electron chi connectivity index (χ4n) is 1.70. The molecule has 110 valence electrons. The largest absolute Gasteiger partial charge is 0.508 e. The average molecular weight is 280 g/mol. The summed E-state index contributed by atoms with van der Waals surface area (Å²) in [6.07, 6.45) is 0. The van der Waals surface area contributed by atoms with Crippen LogP contribution in [0.4, 0.5) is 4.79 Å². The molecule has 1 aromatic carbocycles. The van der Waals surface area contributed by atoms with Gasteiger partial charge in [0.1, 0.15) is 5.75 Å². The topological polar surface area (TPSA) is 78.9 Å². The van der Waals surface area contributed by atoms with Crippen LogP contribution >= 0.6 is 0 Å². The number of methoxy groups -OCH3 is 1. The zero-order valence-electron chi connectivity index (χ0n) is 11.9. The Kier molecular flexibility index (Phi) is 5.83. The van der Waals surface area contributed by atoms with Gasteiger partial charge in [-0.2, -0.15) is 0 Å². The van der Waals surface area contributed by atoms with E-state index in [1.807, 2.05) is 0 Å². The van der Waals surface area contributed by atoms with Crippen molar-refractivity contribution in [1.82, 2.24) is 10.2 Å². The Balaban J connectivity index is 2.42. The van der Waals surface area contributed by atoms with E-state index in [0.717, 1.165) is 5.56 Å². The number of hydrogen-bond donors (Lipinski definition) is 2. The second kappa shape index (κ2) is 7.37. The number of nitrogens with one attached hydrogen (secondary N) is 1. The summed E-state index contributed by atoms with van der Waals surface area (Å²) >= 11 is 0. The van der Waals surface area contributed by atoms with E-state index < -0.39 is 0 Å². The second-order valence-corrected chi connectivity index (χ2v) is 4.63. The first-order chi connectivity index (χ1) is 9.43. The minimum absolute atomic E-state index is 0.184. The Hall–Kier alpha value is -2.24. The second-order valence-electron chi connectivity index (χ2n) is 4.63. The third-order valence-corrected chi connectivity index (χ3v) is 2.88. The maximum absolute atomic E-state index is 11.8. The molecule has 0 heterocycles. The number of phenolic OH excluding ortho intramolecular Hbond substituents is 1. The maximum Gasteiger partial charge on any atom is 0.317 e. The van der Waals surface area contributed by atoms with Crippen molar-refractivity contribution in [2.75, 3.05) is 20.7 Å². The molecule has 0 radical (unpaired) electrons. The molecule has 6 nitrogen and oxygen atoms in total. The summed E-state index contributed by atoms with van der Waals surface area (Å²) in [4.78, 5) is 24.6. The molecule has 20 heavy (non-hydrogen) atoms. The van der Waals surface area contributed by atoms with Crippen molar-refractivity contribution < 1.29 is 19.4 Å². The van der Waals surface area contributed by atoms with Crippen LogP contribution in [0.15, 0.2) is 24.3 Å². The fourth-order valence-corrected chi connectivity index (χ4v) is 1.70. The number of hydrogen-bond acceptors (Lipinski definition) is 4. The molecule has 0 bridgehead atoms. The SMILES string of the molecule is COC(=O)[C@@H](C)CN(C)C(=O)NCc1ccc(O)cc1. The van der Waals surface area contributed by atoms with Crippen LogP contribution in [-0.2, 0) is 16.1 Å². The Labute approximate surface area is 118 Å². The van der Waals surface area contributed by atoms with Crippen LogP contribution < -0.4 is 5.32 Å². The van der Waals surface area contributed by atoms with Crippen LogP contribution in [0, 0.1) is 5.92 Å². The highest BCUT2D eigenvalue weighted by atomic mass is 16.5. The van der Waals surface area contributed by atoms with Crippen LogP contribution in [0.2, 0.25) is 0 Å². The zero-order valence-corrected chi connectivity index (χ0v) is 11.9. The van der Waals surface area contributed by atoms with Gasteiger partial charge < -0.3 is 20.1 Å². The van der Waals surface area contributed by atoms with Crippen molar-refractivity contribution in [1.29, 1.82) is 0 Å². The number of ether oxygens (including phenoxy) is 1. The maximum atomic E-state index is 11.8. The Morgan fingerprint density at radius 1 is 1.35 bits per heavy atom. The summed E-state index contributed by atoms with van der Waals surface area (Å²) < 4.78 is 4.61. The molecule has 0 fully saturated rings. The highest BCUT2D eigenvalue weighted by Gasteiger charge is 2.18. The molecule has 2 amide bonds. The quantitative estimate of drug-likeness (QED) is 0.798. The van der Waals surface area contributed by atoms with E-state index in [4.69, 9.17) is 5.11 Å². The standard InChI is InChI=1S/C14H20N2O4/c1-10(13(18)20-3)9-16(2)14(19)15-8-11-4-6-12(17)7-5-11/h4-7,10,17H,8-9H2,1-3H3,(H,15,19)/t10-/m0/s1. The van der Waals surface area contributed by atoms with Crippen molar-refractivity contribution in [2.45, 2.75) is 13.5 Å². The molecular weight excluding hydrogens is 260 g/mol. The summed E-state index contributed by atoms with van der Waals surface area (Å²) in [7, 11) is 2.94. The van der Waals surface area contributed by atoms with Crippen molar-refractivity contribution in [3.05, 3.63) is 29.8 Å². The van der Waals surface area contributed by atoms with E-state index >= 15 is 0 Å². The molecule has 6 heteroatoms. The van der Waals surface area contributed by atoms with Crippen LogP contribution in [0.1, 0.15) is 12.5 Å². The number of rotatable bonds is 5. The molecule has 1 atom stereocenters. The van der Waals surface area contributed by atoms with E-state index in [1.54, 1.807) is 38.2 Å². The number of phenols is 1. The average Bonchev–Trinajstić information content (AvgIpc) is 2.45. The molecule has 0 aromatic heterocycles. The lowest BCUT2D eigenvalue weighted by Gasteiger charge is -2.20. The first kappa shape index (κ1) is 15.8. The number of aromatic hydroxyl groups is 1. The molecule has 1 aromatic rings. The van der Waals surface area contributed by atoms with Crippen molar-refractivity contribution in [3.8, 4) is 5.75 Å². The van der Waals surface area contributed by atoms with Crippen LogP contribution in [0.25, 0.3) is 0 Å². The highest BCUT2D eigenvalue weighted by Crippen LogP contribution is 2.09. The van der Waals surface area contributed by atoms with Crippen LogP contribution in [0.3, 0.4) is 0 Å². The number of amides is 2.